The highest BCUT2D eigenvalue weighted by Crippen LogP contribution is 2.17. The molecule has 6 heteroatoms. The number of nitrogens with one attached hydrogen (secondary N) is 1. The van der Waals surface area contributed by atoms with Crippen LogP contribution in [0.5, 0.6) is 5.75 Å². The number of hydrogen-bond donors (Lipinski definition) is 1. The van der Waals surface area contributed by atoms with Crippen LogP contribution >= 0.6 is 27.7 Å². The first kappa shape index (κ1) is 16.6. The standard InChI is InChI=1S/C16H15BrN2O2S/c1-22-15-7-5-12(6-8-15)10-18-19-16(20)11-21-14-4-2-3-13(17)9-14/h2-10H,11H2,1H3,(H,19,20)/b18-10-. The Morgan fingerprint density at radius 3 is 2.77 bits per heavy atom. The lowest BCUT2D eigenvalue weighted by atomic mass is 10.2. The third-order valence-electron chi connectivity index (χ3n) is 2.68. The molecule has 0 bridgehead atoms. The molecule has 0 aromatic heterocycles. The predicted octanol–water partition coefficient (Wildman–Crippen LogP) is 3.70. The van der Waals surface area contributed by atoms with Gasteiger partial charge in [-0.05, 0) is 42.2 Å². The summed E-state index contributed by atoms with van der Waals surface area (Å²) in [5.41, 5.74) is 3.36. The second-order valence-corrected chi connectivity index (χ2v) is 6.11. The third kappa shape index (κ3) is 5.54. The molecule has 0 aliphatic carbocycles. The number of rotatable bonds is 6. The van der Waals surface area contributed by atoms with Crippen molar-refractivity contribution in [3.8, 4) is 5.75 Å². The van der Waals surface area contributed by atoms with Crippen LogP contribution in [0.1, 0.15) is 5.56 Å². The van der Waals surface area contributed by atoms with Gasteiger partial charge < -0.3 is 4.74 Å². The minimum atomic E-state index is -0.308. The van der Waals surface area contributed by atoms with Crippen molar-refractivity contribution in [1.29, 1.82) is 0 Å². The molecule has 2 aromatic carbocycles. The summed E-state index contributed by atoms with van der Waals surface area (Å²) >= 11 is 5.02. The number of thioether (sulfide) groups is 1. The van der Waals surface area contributed by atoms with Crippen LogP contribution in [-0.4, -0.2) is 25.0 Å². The van der Waals surface area contributed by atoms with Crippen molar-refractivity contribution >= 4 is 39.8 Å². The fourth-order valence-corrected chi connectivity index (χ4v) is 2.39. The normalized spacial score (nSPS) is 10.6. The topological polar surface area (TPSA) is 50.7 Å². The molecule has 0 heterocycles. The molecule has 2 aromatic rings. The van der Waals surface area contributed by atoms with Crippen LogP contribution in [0.15, 0.2) is 63.0 Å². The van der Waals surface area contributed by atoms with Crippen molar-refractivity contribution in [3.05, 3.63) is 58.6 Å². The van der Waals surface area contributed by atoms with Crippen LogP contribution in [0.25, 0.3) is 0 Å². The van der Waals surface area contributed by atoms with Gasteiger partial charge in [-0.3, -0.25) is 4.79 Å². The molecule has 2 rings (SSSR count). The van der Waals surface area contributed by atoms with Gasteiger partial charge >= 0.3 is 0 Å². The number of ether oxygens (including phenoxy) is 1. The summed E-state index contributed by atoms with van der Waals surface area (Å²) in [6.45, 7) is -0.0841. The highest BCUT2D eigenvalue weighted by atomic mass is 79.9. The lowest BCUT2D eigenvalue weighted by Crippen LogP contribution is -2.24. The molecular weight excluding hydrogens is 364 g/mol. The maximum absolute atomic E-state index is 11.6. The molecule has 0 aliphatic rings. The van der Waals surface area contributed by atoms with Crippen molar-refractivity contribution in [3.63, 3.8) is 0 Å². The van der Waals surface area contributed by atoms with Gasteiger partial charge in [0.2, 0.25) is 0 Å². The fourth-order valence-electron chi connectivity index (χ4n) is 1.61. The van der Waals surface area contributed by atoms with Crippen LogP contribution in [0.2, 0.25) is 0 Å². The first-order chi connectivity index (χ1) is 10.7. The minimum absolute atomic E-state index is 0.0841. The SMILES string of the molecule is CSc1ccc(/C=N\NC(=O)COc2cccc(Br)c2)cc1. The summed E-state index contributed by atoms with van der Waals surface area (Å²) in [6, 6.07) is 15.2. The van der Waals surface area contributed by atoms with Crippen molar-refractivity contribution in [2.24, 2.45) is 5.10 Å². The van der Waals surface area contributed by atoms with E-state index in [1.807, 2.05) is 42.7 Å². The smallest absolute Gasteiger partial charge is 0.277 e. The van der Waals surface area contributed by atoms with Crippen molar-refractivity contribution in [2.45, 2.75) is 4.90 Å². The monoisotopic (exact) mass is 378 g/mol. The minimum Gasteiger partial charge on any atom is -0.484 e. The summed E-state index contributed by atoms with van der Waals surface area (Å²) in [7, 11) is 0. The molecule has 0 spiro atoms. The highest BCUT2D eigenvalue weighted by Gasteiger charge is 2.01. The van der Waals surface area contributed by atoms with E-state index in [4.69, 9.17) is 4.74 Å². The molecule has 22 heavy (non-hydrogen) atoms. The molecule has 1 amide bonds. The van der Waals surface area contributed by atoms with E-state index >= 15 is 0 Å². The van der Waals surface area contributed by atoms with Crippen LogP contribution in [0.3, 0.4) is 0 Å². The maximum atomic E-state index is 11.6. The van der Waals surface area contributed by atoms with Crippen LogP contribution in [0, 0.1) is 0 Å². The molecule has 0 saturated carbocycles. The molecule has 114 valence electrons. The number of halogens is 1. The van der Waals surface area contributed by atoms with Gasteiger partial charge in [0.15, 0.2) is 6.61 Å². The molecular formula is C16H15BrN2O2S. The summed E-state index contributed by atoms with van der Waals surface area (Å²) < 4.78 is 6.26. The van der Waals surface area contributed by atoms with E-state index in [-0.39, 0.29) is 12.5 Å². The first-order valence-corrected chi connectivity index (χ1v) is 8.53. The summed E-state index contributed by atoms with van der Waals surface area (Å²) in [6.07, 6.45) is 3.62. The Hall–Kier alpha value is -1.79. The number of carbonyl (C=O) groups excluding carboxylic acids is 1. The zero-order valence-electron chi connectivity index (χ0n) is 12.0. The molecule has 0 aliphatic heterocycles. The van der Waals surface area contributed by atoms with Crippen LogP contribution in [-0.2, 0) is 4.79 Å². The fraction of sp³-hybridized carbons (Fsp3) is 0.125. The lowest BCUT2D eigenvalue weighted by Gasteiger charge is -2.05. The van der Waals surface area contributed by atoms with Crippen LogP contribution in [0.4, 0.5) is 0 Å². The van der Waals surface area contributed by atoms with E-state index in [0.29, 0.717) is 5.75 Å². The molecule has 4 nitrogen and oxygen atoms in total. The van der Waals surface area contributed by atoms with E-state index in [1.165, 1.54) is 4.90 Å². The van der Waals surface area contributed by atoms with Gasteiger partial charge in [0.25, 0.3) is 5.91 Å². The Labute approximate surface area is 142 Å². The average molecular weight is 379 g/mol. The average Bonchev–Trinajstić information content (AvgIpc) is 2.54. The number of amides is 1. The van der Waals surface area contributed by atoms with Crippen LogP contribution < -0.4 is 10.2 Å². The zero-order valence-corrected chi connectivity index (χ0v) is 14.4. The van der Waals surface area contributed by atoms with Crippen molar-refractivity contribution in [1.82, 2.24) is 5.43 Å². The lowest BCUT2D eigenvalue weighted by molar-refractivity contribution is -0.123. The van der Waals surface area contributed by atoms with Gasteiger partial charge in [-0.15, -0.1) is 11.8 Å². The quantitative estimate of drug-likeness (QED) is 0.473. The maximum Gasteiger partial charge on any atom is 0.277 e. The Kier molecular flexibility index (Phi) is 6.48. The number of hydrazone groups is 1. The van der Waals surface area contributed by atoms with Gasteiger partial charge in [0.05, 0.1) is 6.21 Å². The zero-order chi connectivity index (χ0) is 15.8. The van der Waals surface area contributed by atoms with Gasteiger partial charge in [-0.25, -0.2) is 5.43 Å². The number of hydrogen-bond acceptors (Lipinski definition) is 4. The van der Waals surface area contributed by atoms with E-state index in [2.05, 4.69) is 26.5 Å². The third-order valence-corrected chi connectivity index (χ3v) is 3.92. The molecule has 1 N–H and O–H groups in total. The molecule has 0 unspecified atom stereocenters. The summed E-state index contributed by atoms with van der Waals surface area (Å²) in [5, 5.41) is 3.91. The first-order valence-electron chi connectivity index (χ1n) is 6.52. The van der Waals surface area contributed by atoms with Crippen molar-refractivity contribution < 1.29 is 9.53 Å². The largest absolute Gasteiger partial charge is 0.484 e. The summed E-state index contributed by atoms with van der Waals surface area (Å²) in [5.74, 6) is 0.318. The predicted molar refractivity (Wildman–Crippen MR) is 93.6 cm³/mol. The second kappa shape index (κ2) is 8.60. The number of benzene rings is 2. The van der Waals surface area contributed by atoms with Gasteiger partial charge in [0.1, 0.15) is 5.75 Å². The Morgan fingerprint density at radius 1 is 1.32 bits per heavy atom. The highest BCUT2D eigenvalue weighted by molar-refractivity contribution is 9.10. The molecule has 0 fully saturated rings. The molecule has 0 radical (unpaired) electrons. The Bertz CT molecular complexity index is 659. The van der Waals surface area contributed by atoms with E-state index in [1.54, 1.807) is 30.1 Å². The van der Waals surface area contributed by atoms with E-state index in [9.17, 15) is 4.79 Å². The summed E-state index contributed by atoms with van der Waals surface area (Å²) in [4.78, 5) is 12.8. The van der Waals surface area contributed by atoms with Gasteiger partial charge in [-0.1, -0.05) is 34.1 Å². The van der Waals surface area contributed by atoms with Gasteiger partial charge in [-0.2, -0.15) is 5.10 Å². The van der Waals surface area contributed by atoms with E-state index < -0.39 is 0 Å². The second-order valence-electron chi connectivity index (χ2n) is 4.31. The van der Waals surface area contributed by atoms with Gasteiger partial charge in [0, 0.05) is 9.37 Å². The Morgan fingerprint density at radius 2 is 2.09 bits per heavy atom. The number of nitrogens with zero attached hydrogens (tertiary/aromatic N) is 1. The molecule has 0 saturated heterocycles. The molecule has 0 atom stereocenters. The van der Waals surface area contributed by atoms with E-state index in [0.717, 1.165) is 10.0 Å². The number of carbonyl (C=O) groups is 1. The Balaban J connectivity index is 1.78. The van der Waals surface area contributed by atoms with Crippen molar-refractivity contribution in [2.75, 3.05) is 12.9 Å².